The van der Waals surface area contributed by atoms with Crippen LogP contribution < -0.4 is 0 Å². The first kappa shape index (κ1) is 13.6. The van der Waals surface area contributed by atoms with E-state index in [0.717, 1.165) is 6.08 Å². The van der Waals surface area contributed by atoms with Gasteiger partial charge >= 0.3 is 11.9 Å². The molecule has 0 aliphatic rings. The molecule has 0 bridgehead atoms. The molecule has 0 fully saturated rings. The van der Waals surface area contributed by atoms with Crippen molar-refractivity contribution < 1.29 is 24.2 Å². The second-order valence-corrected chi connectivity index (χ2v) is 3.58. The number of benzene rings is 1. The average Bonchev–Trinajstić information content (AvgIpc) is 2.26. The van der Waals surface area contributed by atoms with Gasteiger partial charge in [-0.1, -0.05) is 12.1 Å². The average molecular weight is 250 g/mol. The van der Waals surface area contributed by atoms with E-state index in [4.69, 9.17) is 10.2 Å². The van der Waals surface area contributed by atoms with Gasteiger partial charge in [0.25, 0.3) is 0 Å². The zero-order valence-electron chi connectivity index (χ0n) is 9.55. The van der Waals surface area contributed by atoms with Gasteiger partial charge in [-0.05, 0) is 36.3 Å². The third-order valence-corrected chi connectivity index (χ3v) is 2.18. The lowest BCUT2D eigenvalue weighted by Crippen LogP contribution is -2.03. The van der Waals surface area contributed by atoms with Crippen LogP contribution in [0.25, 0.3) is 6.08 Å². The van der Waals surface area contributed by atoms with Gasteiger partial charge in [-0.15, -0.1) is 0 Å². The molecule has 0 saturated heterocycles. The number of rotatable bonds is 4. The molecule has 2 N–H and O–H groups in total. The molecule has 0 spiro atoms. The fraction of sp³-hybridized carbons (Fsp3) is 0.0769. The number of carboxylic acids is 2. The highest BCUT2D eigenvalue weighted by Gasteiger charge is 2.10. The van der Waals surface area contributed by atoms with Crippen molar-refractivity contribution in [1.29, 1.82) is 0 Å². The Labute approximate surface area is 103 Å². The van der Waals surface area contributed by atoms with E-state index in [-0.39, 0.29) is 11.1 Å². The number of carboxylic acid groups (broad SMARTS) is 2. The number of aliphatic carboxylic acids is 2. The van der Waals surface area contributed by atoms with Gasteiger partial charge in [-0.3, -0.25) is 0 Å². The predicted octanol–water partition coefficient (Wildman–Crippen LogP) is 2.32. The smallest absolute Gasteiger partial charge is 0.335 e. The van der Waals surface area contributed by atoms with E-state index in [1.807, 2.05) is 0 Å². The standard InChI is InChI=1S/C13H11FO4/c1-8(6-12(15)16)11(13(17)18)7-9-2-4-10(14)5-3-9/h2-7H,1H3,(H,15,16)(H,17,18)/b8-6+,11-7+. The van der Waals surface area contributed by atoms with E-state index in [1.165, 1.54) is 37.3 Å². The fourth-order valence-corrected chi connectivity index (χ4v) is 1.33. The van der Waals surface area contributed by atoms with Crippen LogP contribution in [0, 0.1) is 5.82 Å². The minimum Gasteiger partial charge on any atom is -0.478 e. The van der Waals surface area contributed by atoms with E-state index < -0.39 is 17.8 Å². The summed E-state index contributed by atoms with van der Waals surface area (Å²) < 4.78 is 12.7. The van der Waals surface area contributed by atoms with E-state index in [1.54, 1.807) is 0 Å². The third kappa shape index (κ3) is 3.86. The molecular formula is C13H11FO4. The maximum absolute atomic E-state index is 12.7. The Bertz CT molecular complexity index is 526. The summed E-state index contributed by atoms with van der Waals surface area (Å²) in [5.41, 5.74) is 0.440. The Hall–Kier alpha value is -2.43. The van der Waals surface area contributed by atoms with Crippen molar-refractivity contribution in [3.05, 3.63) is 52.9 Å². The summed E-state index contributed by atoms with van der Waals surface area (Å²) in [6.45, 7) is 1.39. The van der Waals surface area contributed by atoms with Crippen LogP contribution >= 0.6 is 0 Å². The second-order valence-electron chi connectivity index (χ2n) is 3.58. The molecule has 0 saturated carbocycles. The minimum atomic E-state index is -1.24. The Morgan fingerprint density at radius 3 is 2.17 bits per heavy atom. The highest BCUT2D eigenvalue weighted by atomic mass is 19.1. The molecule has 1 aromatic rings. The lowest BCUT2D eigenvalue weighted by atomic mass is 10.0. The van der Waals surface area contributed by atoms with Crippen LogP contribution in [0.2, 0.25) is 0 Å². The van der Waals surface area contributed by atoms with E-state index >= 15 is 0 Å². The minimum absolute atomic E-state index is 0.110. The Balaban J connectivity index is 3.17. The van der Waals surface area contributed by atoms with Gasteiger partial charge < -0.3 is 10.2 Å². The third-order valence-electron chi connectivity index (χ3n) is 2.18. The summed E-state index contributed by atoms with van der Waals surface area (Å²) in [5.74, 6) is -2.89. The van der Waals surface area contributed by atoms with Crippen LogP contribution in [0.4, 0.5) is 4.39 Å². The molecular weight excluding hydrogens is 239 g/mol. The molecule has 0 heterocycles. The highest BCUT2D eigenvalue weighted by Crippen LogP contribution is 2.15. The zero-order chi connectivity index (χ0) is 13.7. The quantitative estimate of drug-likeness (QED) is 0.635. The topological polar surface area (TPSA) is 74.6 Å². The molecule has 1 rings (SSSR count). The molecule has 94 valence electrons. The Kier molecular flexibility index (Phi) is 4.37. The molecule has 1 aromatic carbocycles. The van der Waals surface area contributed by atoms with Crippen LogP contribution in [0.3, 0.4) is 0 Å². The van der Waals surface area contributed by atoms with Gasteiger partial charge in [-0.2, -0.15) is 0 Å². The SMILES string of the molecule is CC(=C\C(=O)O)/C(=C\c1ccc(F)cc1)C(=O)O. The summed E-state index contributed by atoms with van der Waals surface area (Å²) >= 11 is 0. The summed E-state index contributed by atoms with van der Waals surface area (Å²) in [7, 11) is 0. The molecule has 0 aliphatic carbocycles. The molecule has 0 atom stereocenters. The lowest BCUT2D eigenvalue weighted by Gasteiger charge is -2.02. The summed E-state index contributed by atoms with van der Waals surface area (Å²) in [6.07, 6.45) is 2.10. The monoisotopic (exact) mass is 250 g/mol. The molecule has 0 aliphatic heterocycles. The number of hydrogen-bond donors (Lipinski definition) is 2. The molecule has 18 heavy (non-hydrogen) atoms. The van der Waals surface area contributed by atoms with Gasteiger partial charge in [0, 0.05) is 6.08 Å². The van der Waals surface area contributed by atoms with Gasteiger partial charge in [-0.25, -0.2) is 14.0 Å². The zero-order valence-corrected chi connectivity index (χ0v) is 9.55. The van der Waals surface area contributed by atoms with Crippen molar-refractivity contribution in [3.63, 3.8) is 0 Å². The predicted molar refractivity (Wildman–Crippen MR) is 63.4 cm³/mol. The molecule has 0 amide bonds. The van der Waals surface area contributed by atoms with E-state index in [2.05, 4.69) is 0 Å². The normalized spacial score (nSPS) is 12.3. The highest BCUT2D eigenvalue weighted by molar-refractivity contribution is 5.98. The Morgan fingerprint density at radius 1 is 1.17 bits per heavy atom. The molecule has 0 aromatic heterocycles. The van der Waals surface area contributed by atoms with E-state index in [0.29, 0.717) is 5.56 Å². The first-order valence-electron chi connectivity index (χ1n) is 5.02. The van der Waals surface area contributed by atoms with Crippen molar-refractivity contribution in [2.75, 3.05) is 0 Å². The van der Waals surface area contributed by atoms with Gasteiger partial charge in [0.05, 0.1) is 5.57 Å². The van der Waals surface area contributed by atoms with Crippen LogP contribution in [-0.2, 0) is 9.59 Å². The first-order valence-corrected chi connectivity index (χ1v) is 5.02. The maximum Gasteiger partial charge on any atom is 0.335 e. The first-order chi connectivity index (χ1) is 8.40. The Morgan fingerprint density at radius 2 is 1.72 bits per heavy atom. The van der Waals surface area contributed by atoms with Gasteiger partial charge in [0.2, 0.25) is 0 Å². The molecule has 0 unspecified atom stereocenters. The van der Waals surface area contributed by atoms with E-state index in [9.17, 15) is 14.0 Å². The summed E-state index contributed by atoms with van der Waals surface area (Å²) in [6, 6.07) is 5.21. The van der Waals surface area contributed by atoms with Gasteiger partial charge in [0.15, 0.2) is 0 Å². The van der Waals surface area contributed by atoms with Crippen molar-refractivity contribution in [2.45, 2.75) is 6.92 Å². The van der Waals surface area contributed by atoms with Crippen LogP contribution in [0.5, 0.6) is 0 Å². The molecule has 4 nitrogen and oxygen atoms in total. The molecule has 5 heteroatoms. The van der Waals surface area contributed by atoms with Crippen LogP contribution in [0.15, 0.2) is 41.5 Å². The second kappa shape index (κ2) is 5.77. The van der Waals surface area contributed by atoms with Crippen LogP contribution in [0.1, 0.15) is 12.5 Å². The van der Waals surface area contributed by atoms with Gasteiger partial charge in [0.1, 0.15) is 5.82 Å². The largest absolute Gasteiger partial charge is 0.478 e. The summed E-state index contributed by atoms with van der Waals surface area (Å²) in [5, 5.41) is 17.6. The van der Waals surface area contributed by atoms with Crippen molar-refractivity contribution >= 4 is 18.0 Å². The van der Waals surface area contributed by atoms with Crippen molar-refractivity contribution in [1.82, 2.24) is 0 Å². The lowest BCUT2D eigenvalue weighted by molar-refractivity contribution is -0.132. The number of carbonyl (C=O) groups is 2. The molecule has 0 radical (unpaired) electrons. The number of hydrogen-bond acceptors (Lipinski definition) is 2. The van der Waals surface area contributed by atoms with Crippen molar-refractivity contribution in [3.8, 4) is 0 Å². The number of halogens is 1. The van der Waals surface area contributed by atoms with Crippen LogP contribution in [-0.4, -0.2) is 22.2 Å². The van der Waals surface area contributed by atoms with Crippen molar-refractivity contribution in [2.24, 2.45) is 0 Å². The maximum atomic E-state index is 12.7. The fourth-order valence-electron chi connectivity index (χ4n) is 1.33. The summed E-state index contributed by atoms with van der Waals surface area (Å²) in [4.78, 5) is 21.5.